The fourth-order valence-electron chi connectivity index (χ4n) is 1.11. The van der Waals surface area contributed by atoms with Crippen LogP contribution in [-0.2, 0) is 9.84 Å². The van der Waals surface area contributed by atoms with E-state index in [1.807, 2.05) is 6.07 Å². The molecule has 0 aliphatic carbocycles. The number of sulfone groups is 1. The molecule has 0 saturated carbocycles. The Balaban J connectivity index is 2.75. The van der Waals surface area contributed by atoms with Gasteiger partial charge in [-0.1, -0.05) is 0 Å². The van der Waals surface area contributed by atoms with E-state index in [9.17, 15) is 8.42 Å². The van der Waals surface area contributed by atoms with E-state index in [0.717, 1.165) is 5.52 Å². The molecule has 0 aliphatic rings. The minimum absolute atomic E-state index is 0.281. The van der Waals surface area contributed by atoms with E-state index in [0.29, 0.717) is 0 Å². The van der Waals surface area contributed by atoms with Gasteiger partial charge in [0.25, 0.3) is 0 Å². The maximum atomic E-state index is 11.2. The van der Waals surface area contributed by atoms with Crippen LogP contribution >= 0.6 is 0 Å². The smallest absolute Gasteiger partial charge is 0.177 e. The SMILES string of the molecule is CS(=O)(=O)c1ccc2ccnn2c1. The third-order valence-electron chi connectivity index (χ3n) is 1.80. The first kappa shape index (κ1) is 8.25. The Morgan fingerprint density at radius 3 is 2.77 bits per heavy atom. The molecule has 0 N–H and O–H groups in total. The Bertz CT molecular complexity index is 542. The molecule has 0 atom stereocenters. The molecule has 0 unspecified atom stereocenters. The van der Waals surface area contributed by atoms with Gasteiger partial charge < -0.3 is 0 Å². The highest BCUT2D eigenvalue weighted by molar-refractivity contribution is 7.90. The van der Waals surface area contributed by atoms with Crippen LogP contribution in [0.5, 0.6) is 0 Å². The van der Waals surface area contributed by atoms with Crippen molar-refractivity contribution in [3.63, 3.8) is 0 Å². The highest BCUT2D eigenvalue weighted by Gasteiger charge is 2.07. The number of hydrogen-bond acceptors (Lipinski definition) is 3. The molecule has 0 radical (unpaired) electrons. The topological polar surface area (TPSA) is 51.4 Å². The standard InChI is InChI=1S/C8H8N2O2S/c1-13(11,12)8-3-2-7-4-5-9-10(7)6-8/h2-6H,1H3. The van der Waals surface area contributed by atoms with Crippen LogP contribution in [0.2, 0.25) is 0 Å². The average Bonchev–Trinajstić information content (AvgIpc) is 2.47. The summed E-state index contributed by atoms with van der Waals surface area (Å²) in [5.74, 6) is 0. The predicted octanol–water partition coefficient (Wildman–Crippen LogP) is 0.738. The van der Waals surface area contributed by atoms with Crippen molar-refractivity contribution in [3.8, 4) is 0 Å². The van der Waals surface area contributed by atoms with Crippen molar-refractivity contribution in [2.45, 2.75) is 4.90 Å². The third-order valence-corrected chi connectivity index (χ3v) is 2.89. The summed E-state index contributed by atoms with van der Waals surface area (Å²) in [5.41, 5.74) is 0.882. The van der Waals surface area contributed by atoms with Gasteiger partial charge in [-0.2, -0.15) is 5.10 Å². The van der Waals surface area contributed by atoms with Crippen LogP contribution in [0.4, 0.5) is 0 Å². The largest absolute Gasteiger partial charge is 0.240 e. The number of rotatable bonds is 1. The van der Waals surface area contributed by atoms with Crippen molar-refractivity contribution in [3.05, 3.63) is 30.6 Å². The lowest BCUT2D eigenvalue weighted by Crippen LogP contribution is -1.99. The third kappa shape index (κ3) is 1.42. The van der Waals surface area contributed by atoms with Crippen molar-refractivity contribution in [1.29, 1.82) is 0 Å². The fourth-order valence-corrected chi connectivity index (χ4v) is 1.72. The molecule has 2 aromatic rings. The first-order valence-corrected chi connectivity index (χ1v) is 5.60. The molecule has 0 fully saturated rings. The van der Waals surface area contributed by atoms with Crippen molar-refractivity contribution in [2.75, 3.05) is 6.26 Å². The molecular weight excluding hydrogens is 188 g/mol. The lowest BCUT2D eigenvalue weighted by atomic mass is 10.4. The van der Waals surface area contributed by atoms with Gasteiger partial charge in [0.05, 0.1) is 10.4 Å². The van der Waals surface area contributed by atoms with E-state index in [1.165, 1.54) is 17.0 Å². The van der Waals surface area contributed by atoms with Gasteiger partial charge in [0.1, 0.15) is 0 Å². The summed E-state index contributed by atoms with van der Waals surface area (Å²) < 4.78 is 23.9. The molecule has 2 aromatic heterocycles. The molecule has 68 valence electrons. The Kier molecular flexibility index (Phi) is 1.63. The molecule has 0 amide bonds. The van der Waals surface area contributed by atoms with Crippen molar-refractivity contribution >= 4 is 15.4 Å². The molecule has 4 nitrogen and oxygen atoms in total. The molecule has 0 aliphatic heterocycles. The second kappa shape index (κ2) is 2.56. The number of fused-ring (bicyclic) bond motifs is 1. The van der Waals surface area contributed by atoms with Crippen LogP contribution < -0.4 is 0 Å². The molecule has 13 heavy (non-hydrogen) atoms. The zero-order chi connectivity index (χ0) is 9.47. The van der Waals surface area contributed by atoms with Gasteiger partial charge in [-0.15, -0.1) is 0 Å². The van der Waals surface area contributed by atoms with Gasteiger partial charge in [-0.25, -0.2) is 12.9 Å². The van der Waals surface area contributed by atoms with Gasteiger partial charge in [-0.05, 0) is 18.2 Å². The van der Waals surface area contributed by atoms with Gasteiger partial charge >= 0.3 is 0 Å². The molecule has 0 spiro atoms. The van der Waals surface area contributed by atoms with E-state index < -0.39 is 9.84 Å². The van der Waals surface area contributed by atoms with Crippen LogP contribution in [0.3, 0.4) is 0 Å². The van der Waals surface area contributed by atoms with E-state index in [-0.39, 0.29) is 4.90 Å². The number of nitrogens with zero attached hydrogens (tertiary/aromatic N) is 2. The minimum Gasteiger partial charge on any atom is -0.240 e. The van der Waals surface area contributed by atoms with Gasteiger partial charge in [0, 0.05) is 18.6 Å². The summed E-state index contributed by atoms with van der Waals surface area (Å²) in [6, 6.07) is 5.11. The minimum atomic E-state index is -3.13. The van der Waals surface area contributed by atoms with E-state index in [4.69, 9.17) is 0 Å². The lowest BCUT2D eigenvalue weighted by molar-refractivity contribution is 0.601. The Labute approximate surface area is 75.7 Å². The van der Waals surface area contributed by atoms with Crippen LogP contribution in [0, 0.1) is 0 Å². The molecule has 2 heterocycles. The molecule has 0 saturated heterocycles. The highest BCUT2D eigenvalue weighted by Crippen LogP contribution is 2.10. The van der Waals surface area contributed by atoms with E-state index in [1.54, 1.807) is 18.3 Å². The molecule has 2 rings (SSSR count). The molecule has 5 heteroatoms. The monoisotopic (exact) mass is 196 g/mol. The predicted molar refractivity (Wildman–Crippen MR) is 48.3 cm³/mol. The van der Waals surface area contributed by atoms with Crippen LogP contribution in [0.15, 0.2) is 35.5 Å². The summed E-state index contributed by atoms with van der Waals surface area (Å²) in [4.78, 5) is 0.281. The maximum absolute atomic E-state index is 11.2. The quantitative estimate of drug-likeness (QED) is 0.676. The van der Waals surface area contributed by atoms with Crippen molar-refractivity contribution < 1.29 is 8.42 Å². The van der Waals surface area contributed by atoms with Crippen LogP contribution in [0.25, 0.3) is 5.52 Å². The summed E-state index contributed by atoms with van der Waals surface area (Å²) in [6.45, 7) is 0. The average molecular weight is 196 g/mol. The van der Waals surface area contributed by atoms with E-state index in [2.05, 4.69) is 5.10 Å². The first-order valence-electron chi connectivity index (χ1n) is 3.71. The fraction of sp³-hybridized carbons (Fsp3) is 0.125. The first-order chi connectivity index (χ1) is 6.07. The number of aromatic nitrogens is 2. The normalized spacial score (nSPS) is 12.1. The van der Waals surface area contributed by atoms with Crippen LogP contribution in [-0.4, -0.2) is 24.3 Å². The molecule has 0 bridgehead atoms. The lowest BCUT2D eigenvalue weighted by Gasteiger charge is -1.98. The van der Waals surface area contributed by atoms with Gasteiger partial charge in [0.15, 0.2) is 9.84 Å². The summed E-state index contributed by atoms with van der Waals surface area (Å²) >= 11 is 0. The summed E-state index contributed by atoms with van der Waals surface area (Å²) in [5, 5.41) is 3.95. The Morgan fingerprint density at radius 2 is 2.08 bits per heavy atom. The maximum Gasteiger partial charge on any atom is 0.177 e. The Morgan fingerprint density at radius 1 is 1.31 bits per heavy atom. The second-order valence-corrected chi connectivity index (χ2v) is 4.85. The second-order valence-electron chi connectivity index (χ2n) is 2.84. The van der Waals surface area contributed by atoms with Crippen LogP contribution in [0.1, 0.15) is 0 Å². The van der Waals surface area contributed by atoms with E-state index >= 15 is 0 Å². The number of pyridine rings is 1. The van der Waals surface area contributed by atoms with Crippen molar-refractivity contribution in [2.24, 2.45) is 0 Å². The highest BCUT2D eigenvalue weighted by atomic mass is 32.2. The Hall–Kier alpha value is -1.36. The zero-order valence-corrected chi connectivity index (χ0v) is 7.82. The van der Waals surface area contributed by atoms with Gasteiger partial charge in [-0.3, -0.25) is 0 Å². The summed E-state index contributed by atoms with van der Waals surface area (Å²) in [6.07, 6.45) is 4.31. The van der Waals surface area contributed by atoms with Gasteiger partial charge in [0.2, 0.25) is 0 Å². The zero-order valence-electron chi connectivity index (χ0n) is 7.01. The molecular formula is C8H8N2O2S. The summed E-state index contributed by atoms with van der Waals surface area (Å²) in [7, 11) is -3.13. The van der Waals surface area contributed by atoms with Crippen molar-refractivity contribution in [1.82, 2.24) is 9.61 Å². The number of hydrogen-bond donors (Lipinski definition) is 0. The molecule has 0 aromatic carbocycles.